The number of benzene rings is 1. The fourth-order valence-corrected chi connectivity index (χ4v) is 3.20. The van der Waals surface area contributed by atoms with Crippen LogP contribution in [0.2, 0.25) is 0 Å². The van der Waals surface area contributed by atoms with Gasteiger partial charge in [-0.3, -0.25) is 9.69 Å². The van der Waals surface area contributed by atoms with Crippen LogP contribution >= 0.6 is 24.0 Å². The second kappa shape index (κ2) is 12.2. The highest BCUT2D eigenvalue weighted by atomic mass is 127. The average Bonchev–Trinajstić information content (AvgIpc) is 3.09. The van der Waals surface area contributed by atoms with Gasteiger partial charge in [-0.1, -0.05) is 31.2 Å². The quantitative estimate of drug-likeness (QED) is 0.352. The molecule has 7 heteroatoms. The smallest absolute Gasteiger partial charge is 0.241 e. The Bertz CT molecular complexity index is 620. The van der Waals surface area contributed by atoms with Crippen LogP contribution in [-0.2, 0) is 11.3 Å². The number of aryl methyl sites for hydroxylation is 1. The molecule has 1 unspecified atom stereocenters. The number of aliphatic imine (C=N–C) groups is 1. The molecule has 1 atom stereocenters. The summed E-state index contributed by atoms with van der Waals surface area (Å²) in [6, 6.07) is 8.80. The van der Waals surface area contributed by atoms with E-state index in [2.05, 4.69) is 41.5 Å². The Morgan fingerprint density at radius 3 is 2.70 bits per heavy atom. The van der Waals surface area contributed by atoms with Crippen LogP contribution in [0.4, 0.5) is 0 Å². The minimum atomic E-state index is 0. The van der Waals surface area contributed by atoms with E-state index in [0.717, 1.165) is 13.1 Å². The highest BCUT2D eigenvalue weighted by molar-refractivity contribution is 14.0. The Hall–Kier alpha value is -1.35. The Morgan fingerprint density at radius 1 is 1.30 bits per heavy atom. The first-order chi connectivity index (χ1) is 12.5. The number of likely N-dealkylation sites (tertiary alicyclic amines) is 1. The fraction of sp³-hybridized carbons (Fsp3) is 0.600. The third kappa shape index (κ3) is 7.65. The number of nitrogens with zero attached hydrogens (tertiary/aromatic N) is 3. The summed E-state index contributed by atoms with van der Waals surface area (Å²) >= 11 is 0. The highest BCUT2D eigenvalue weighted by Crippen LogP contribution is 2.15. The molecule has 2 N–H and O–H groups in total. The predicted octanol–water partition coefficient (Wildman–Crippen LogP) is 2.22. The van der Waals surface area contributed by atoms with Gasteiger partial charge in [-0.15, -0.1) is 24.0 Å². The predicted molar refractivity (Wildman–Crippen MR) is 123 cm³/mol. The van der Waals surface area contributed by atoms with Gasteiger partial charge >= 0.3 is 0 Å². The number of rotatable bonds is 7. The van der Waals surface area contributed by atoms with Crippen molar-refractivity contribution in [2.24, 2.45) is 4.99 Å². The molecule has 0 saturated carbocycles. The molecule has 0 bridgehead atoms. The van der Waals surface area contributed by atoms with Crippen molar-refractivity contribution in [1.29, 1.82) is 0 Å². The maximum absolute atomic E-state index is 11.9. The number of guanidine groups is 1. The molecule has 1 amide bonds. The first kappa shape index (κ1) is 23.7. The maximum atomic E-state index is 11.9. The minimum Gasteiger partial charge on any atom is -0.355 e. The summed E-state index contributed by atoms with van der Waals surface area (Å²) < 4.78 is 0. The van der Waals surface area contributed by atoms with Crippen LogP contribution in [0.15, 0.2) is 29.3 Å². The normalized spacial score (nSPS) is 17.3. The lowest BCUT2D eigenvalue weighted by Gasteiger charge is -2.24. The van der Waals surface area contributed by atoms with Gasteiger partial charge in [0, 0.05) is 26.7 Å². The molecule has 0 radical (unpaired) electrons. The maximum Gasteiger partial charge on any atom is 0.241 e. The number of likely N-dealkylation sites (N-methyl/N-ethyl adjacent to an activating group) is 2. The molecule has 1 fully saturated rings. The van der Waals surface area contributed by atoms with Gasteiger partial charge in [-0.2, -0.15) is 0 Å². The van der Waals surface area contributed by atoms with Gasteiger partial charge < -0.3 is 15.5 Å². The highest BCUT2D eigenvalue weighted by Gasteiger charge is 2.22. The Labute approximate surface area is 180 Å². The van der Waals surface area contributed by atoms with Crippen molar-refractivity contribution in [3.05, 3.63) is 35.4 Å². The lowest BCUT2D eigenvalue weighted by Crippen LogP contribution is -2.47. The van der Waals surface area contributed by atoms with Gasteiger partial charge in [-0.05, 0) is 44.0 Å². The first-order valence-corrected chi connectivity index (χ1v) is 9.52. The molecule has 1 aromatic rings. The van der Waals surface area contributed by atoms with Gasteiger partial charge in [-0.25, -0.2) is 4.99 Å². The molecule has 1 saturated heterocycles. The van der Waals surface area contributed by atoms with E-state index in [4.69, 9.17) is 4.99 Å². The molecule has 1 aliphatic heterocycles. The molecule has 152 valence electrons. The fourth-order valence-electron chi connectivity index (χ4n) is 3.20. The van der Waals surface area contributed by atoms with Crippen molar-refractivity contribution in [3.8, 4) is 0 Å². The number of halogens is 1. The van der Waals surface area contributed by atoms with E-state index in [1.54, 1.807) is 19.0 Å². The van der Waals surface area contributed by atoms with Crippen molar-refractivity contribution < 1.29 is 4.79 Å². The lowest BCUT2D eigenvalue weighted by atomic mass is 10.1. The van der Waals surface area contributed by atoms with Crippen LogP contribution in [0.1, 0.15) is 30.9 Å². The summed E-state index contributed by atoms with van der Waals surface area (Å²) in [5, 5.41) is 6.61. The van der Waals surface area contributed by atoms with E-state index in [9.17, 15) is 4.79 Å². The van der Waals surface area contributed by atoms with E-state index < -0.39 is 0 Å². The van der Waals surface area contributed by atoms with E-state index in [0.29, 0.717) is 18.5 Å². The summed E-state index contributed by atoms with van der Waals surface area (Å²) in [6.07, 6.45) is 2.46. The zero-order valence-electron chi connectivity index (χ0n) is 17.0. The van der Waals surface area contributed by atoms with Crippen molar-refractivity contribution in [1.82, 2.24) is 20.4 Å². The van der Waals surface area contributed by atoms with Gasteiger partial charge in [0.15, 0.2) is 5.96 Å². The van der Waals surface area contributed by atoms with Crippen LogP contribution in [0.5, 0.6) is 0 Å². The topological polar surface area (TPSA) is 60.0 Å². The summed E-state index contributed by atoms with van der Waals surface area (Å²) in [5.74, 6) is 0.734. The molecule has 0 spiro atoms. The molecular formula is C20H34IN5O. The average molecular weight is 487 g/mol. The standard InChI is InChI=1S/C20H33N5O.HI/c1-5-25-12-8-11-18(25)14-22-20(23-15-19(26)24(3)4)21-13-17-10-7-6-9-16(17)2;/h6-7,9-10,18H,5,8,11-15H2,1-4H3,(H2,21,22,23);1H. The molecule has 1 aromatic carbocycles. The van der Waals surface area contributed by atoms with Gasteiger partial charge in [0.1, 0.15) is 0 Å². The van der Waals surface area contributed by atoms with Crippen LogP contribution in [0.3, 0.4) is 0 Å². The third-order valence-corrected chi connectivity index (χ3v) is 4.99. The Balaban J connectivity index is 0.00000364. The monoisotopic (exact) mass is 487 g/mol. The number of hydrogen-bond acceptors (Lipinski definition) is 3. The zero-order chi connectivity index (χ0) is 18.9. The molecule has 27 heavy (non-hydrogen) atoms. The van der Waals surface area contributed by atoms with E-state index in [-0.39, 0.29) is 36.4 Å². The Morgan fingerprint density at radius 2 is 2.04 bits per heavy atom. The third-order valence-electron chi connectivity index (χ3n) is 4.99. The van der Waals surface area contributed by atoms with E-state index in [1.165, 1.54) is 30.5 Å². The number of hydrogen-bond donors (Lipinski definition) is 2. The molecule has 0 aliphatic carbocycles. The van der Waals surface area contributed by atoms with Crippen LogP contribution in [0, 0.1) is 6.92 Å². The zero-order valence-corrected chi connectivity index (χ0v) is 19.3. The molecule has 6 nitrogen and oxygen atoms in total. The molecule has 1 heterocycles. The second-order valence-corrected chi connectivity index (χ2v) is 7.04. The summed E-state index contributed by atoms with van der Waals surface area (Å²) in [4.78, 5) is 20.7. The first-order valence-electron chi connectivity index (χ1n) is 9.52. The number of carbonyl (C=O) groups is 1. The molecule has 1 aliphatic rings. The largest absolute Gasteiger partial charge is 0.355 e. The summed E-state index contributed by atoms with van der Waals surface area (Å²) in [6.45, 7) is 8.25. The van der Waals surface area contributed by atoms with Gasteiger partial charge in [0.25, 0.3) is 0 Å². The van der Waals surface area contributed by atoms with Crippen molar-refractivity contribution >= 4 is 35.8 Å². The van der Waals surface area contributed by atoms with E-state index >= 15 is 0 Å². The van der Waals surface area contributed by atoms with Gasteiger partial charge in [0.05, 0.1) is 13.1 Å². The molecular weight excluding hydrogens is 453 g/mol. The lowest BCUT2D eigenvalue weighted by molar-refractivity contribution is -0.127. The van der Waals surface area contributed by atoms with E-state index in [1.807, 2.05) is 12.1 Å². The van der Waals surface area contributed by atoms with Crippen LogP contribution in [-0.4, -0.2) is 68.0 Å². The summed E-state index contributed by atoms with van der Waals surface area (Å²) in [5.41, 5.74) is 2.43. The molecule has 2 rings (SSSR count). The molecule has 0 aromatic heterocycles. The summed E-state index contributed by atoms with van der Waals surface area (Å²) in [7, 11) is 3.53. The minimum absolute atomic E-state index is 0. The number of carbonyl (C=O) groups excluding carboxylic acids is 1. The van der Waals surface area contributed by atoms with Crippen molar-refractivity contribution in [2.75, 3.05) is 40.3 Å². The van der Waals surface area contributed by atoms with Crippen LogP contribution < -0.4 is 10.6 Å². The second-order valence-electron chi connectivity index (χ2n) is 7.04. The number of amides is 1. The van der Waals surface area contributed by atoms with Gasteiger partial charge in [0.2, 0.25) is 5.91 Å². The van der Waals surface area contributed by atoms with Crippen molar-refractivity contribution in [3.63, 3.8) is 0 Å². The number of nitrogens with one attached hydrogen (secondary N) is 2. The van der Waals surface area contributed by atoms with Crippen molar-refractivity contribution in [2.45, 2.75) is 39.3 Å². The SMILES string of the molecule is CCN1CCCC1CNC(=NCc1ccccc1C)NCC(=O)N(C)C.I. The Kier molecular flexibility index (Phi) is 10.7. The van der Waals surface area contributed by atoms with Crippen LogP contribution in [0.25, 0.3) is 0 Å².